The maximum atomic E-state index is 2.76. The van der Waals surface area contributed by atoms with Crippen LogP contribution in [0.5, 0.6) is 0 Å². The molecule has 0 N–H and O–H groups in total. The van der Waals surface area contributed by atoms with Crippen LogP contribution in [0.15, 0.2) is 0 Å². The summed E-state index contributed by atoms with van der Waals surface area (Å²) in [6.07, 6.45) is 22.2. The van der Waals surface area contributed by atoms with E-state index >= 15 is 0 Å². The van der Waals surface area contributed by atoms with Crippen molar-refractivity contribution in [1.29, 1.82) is 0 Å². The van der Waals surface area contributed by atoms with Crippen molar-refractivity contribution >= 4 is 0 Å². The molecule has 0 aromatic rings. The lowest BCUT2D eigenvalue weighted by atomic mass is 10.1. The molecular weight excluding hydrogens is 340 g/mol. The number of unbranched alkanes of at least 4 members (excludes halogenated alkanes) is 11. The molecule has 0 aliphatic rings. The second-order valence-electron chi connectivity index (χ2n) is 8.93. The van der Waals surface area contributed by atoms with Gasteiger partial charge in [0.2, 0.25) is 0 Å². The third kappa shape index (κ3) is 19.2. The highest BCUT2D eigenvalue weighted by Crippen LogP contribution is 2.09. The molecule has 2 nitrogen and oxygen atoms in total. The molecule has 0 bridgehead atoms. The Balaban J connectivity index is 3.91. The Morgan fingerprint density at radius 3 is 0.714 bits per heavy atom. The fourth-order valence-corrected chi connectivity index (χ4v) is 4.04. The van der Waals surface area contributed by atoms with Crippen molar-refractivity contribution in [3.8, 4) is 0 Å². The van der Waals surface area contributed by atoms with E-state index in [1.165, 1.54) is 142 Å². The average Bonchev–Trinajstić information content (AvgIpc) is 2.70. The summed E-state index contributed by atoms with van der Waals surface area (Å²) in [7, 11) is 0. The highest BCUT2D eigenvalue weighted by Gasteiger charge is 2.06. The quantitative estimate of drug-likeness (QED) is 0.162. The maximum absolute atomic E-state index is 2.76. The summed E-state index contributed by atoms with van der Waals surface area (Å²) >= 11 is 0. The van der Waals surface area contributed by atoms with Gasteiger partial charge in [-0.1, -0.05) is 91.9 Å². The molecule has 0 aromatic heterocycles. The normalized spacial score (nSPS) is 11.8. The van der Waals surface area contributed by atoms with Crippen LogP contribution in [0.1, 0.15) is 130 Å². The Bertz CT molecular complexity index is 232. The van der Waals surface area contributed by atoms with Gasteiger partial charge in [0.15, 0.2) is 0 Å². The first-order valence-electron chi connectivity index (χ1n) is 13.2. The lowest BCUT2D eigenvalue weighted by Crippen LogP contribution is -2.28. The summed E-state index contributed by atoms with van der Waals surface area (Å²) in [6, 6.07) is 0. The second-order valence-corrected chi connectivity index (χ2v) is 8.93. The summed E-state index contributed by atoms with van der Waals surface area (Å²) in [4.78, 5) is 5.51. The lowest BCUT2D eigenvalue weighted by Gasteiger charge is -2.23. The molecule has 0 atom stereocenters. The van der Waals surface area contributed by atoms with Crippen molar-refractivity contribution in [2.45, 2.75) is 130 Å². The molecular formula is C26H56N2. The van der Waals surface area contributed by atoms with Crippen LogP contribution in [0.3, 0.4) is 0 Å². The minimum absolute atomic E-state index is 1.33. The first-order valence-corrected chi connectivity index (χ1v) is 13.2. The Hall–Kier alpha value is -0.0800. The molecule has 0 heterocycles. The summed E-state index contributed by atoms with van der Waals surface area (Å²) in [5, 5.41) is 0. The first kappa shape index (κ1) is 27.9. The molecule has 0 unspecified atom stereocenters. The fraction of sp³-hybridized carbons (Fsp3) is 1.00. The van der Waals surface area contributed by atoms with Gasteiger partial charge in [-0.3, -0.25) is 0 Å². The minimum atomic E-state index is 1.33. The van der Waals surface area contributed by atoms with Crippen molar-refractivity contribution in [2.24, 2.45) is 0 Å². The van der Waals surface area contributed by atoms with Crippen LogP contribution in [0, 0.1) is 0 Å². The molecule has 0 fully saturated rings. The predicted molar refractivity (Wildman–Crippen MR) is 129 cm³/mol. The number of hydrogen-bond donors (Lipinski definition) is 0. The number of rotatable bonds is 23. The fourth-order valence-electron chi connectivity index (χ4n) is 4.04. The molecule has 0 aliphatic carbocycles. The van der Waals surface area contributed by atoms with E-state index in [9.17, 15) is 0 Å². The van der Waals surface area contributed by atoms with E-state index in [-0.39, 0.29) is 0 Å². The predicted octanol–water partition coefficient (Wildman–Crippen LogP) is 7.91. The zero-order chi connectivity index (χ0) is 20.7. The van der Waals surface area contributed by atoms with E-state index < -0.39 is 0 Å². The third-order valence-corrected chi connectivity index (χ3v) is 6.01. The van der Waals surface area contributed by atoms with Crippen molar-refractivity contribution in [2.75, 3.05) is 39.3 Å². The maximum Gasteiger partial charge on any atom is -0.00187 e. The SMILES string of the molecule is CCCCCN(CCCCC)CCCCCCN(CCCCC)CCCCC. The molecule has 0 spiro atoms. The van der Waals surface area contributed by atoms with Gasteiger partial charge in [0, 0.05) is 0 Å². The third-order valence-electron chi connectivity index (χ3n) is 6.01. The van der Waals surface area contributed by atoms with Crippen LogP contribution >= 0.6 is 0 Å². The van der Waals surface area contributed by atoms with Gasteiger partial charge in [0.25, 0.3) is 0 Å². The Morgan fingerprint density at radius 2 is 0.500 bits per heavy atom. The molecule has 0 amide bonds. The zero-order valence-electron chi connectivity index (χ0n) is 20.5. The molecule has 2 heteroatoms. The van der Waals surface area contributed by atoms with Gasteiger partial charge in [-0.25, -0.2) is 0 Å². The van der Waals surface area contributed by atoms with Crippen LogP contribution in [-0.2, 0) is 0 Å². The van der Waals surface area contributed by atoms with Crippen LogP contribution in [0.25, 0.3) is 0 Å². The zero-order valence-corrected chi connectivity index (χ0v) is 20.5. The van der Waals surface area contributed by atoms with Crippen molar-refractivity contribution in [3.05, 3.63) is 0 Å². The molecule has 0 aliphatic heterocycles. The molecule has 0 saturated heterocycles. The minimum Gasteiger partial charge on any atom is -0.303 e. The van der Waals surface area contributed by atoms with Crippen molar-refractivity contribution < 1.29 is 0 Å². The summed E-state index contributed by atoms with van der Waals surface area (Å²) in [5.74, 6) is 0. The molecule has 0 rings (SSSR count). The van der Waals surface area contributed by atoms with Crippen LogP contribution < -0.4 is 0 Å². The molecule has 0 saturated carbocycles. The topological polar surface area (TPSA) is 6.48 Å². The van der Waals surface area contributed by atoms with Crippen LogP contribution in [0.2, 0.25) is 0 Å². The second kappa shape index (κ2) is 23.2. The van der Waals surface area contributed by atoms with Gasteiger partial charge in [-0.15, -0.1) is 0 Å². The van der Waals surface area contributed by atoms with E-state index in [1.807, 2.05) is 0 Å². The van der Waals surface area contributed by atoms with Gasteiger partial charge in [0.1, 0.15) is 0 Å². The summed E-state index contributed by atoms with van der Waals surface area (Å²) in [6.45, 7) is 17.3. The Labute approximate surface area is 179 Å². The molecule has 28 heavy (non-hydrogen) atoms. The van der Waals surface area contributed by atoms with E-state index in [2.05, 4.69) is 37.5 Å². The number of hydrogen-bond acceptors (Lipinski definition) is 2. The van der Waals surface area contributed by atoms with Gasteiger partial charge < -0.3 is 9.80 Å². The standard InChI is InChI=1S/C26H56N2/c1-5-9-15-21-27(22-16-10-6-2)25-19-13-14-20-26-28(23-17-11-7-3)24-18-12-8-4/h5-26H2,1-4H3. The molecule has 0 aromatic carbocycles. The number of nitrogens with zero attached hydrogens (tertiary/aromatic N) is 2. The van der Waals surface area contributed by atoms with Gasteiger partial charge >= 0.3 is 0 Å². The smallest absolute Gasteiger partial charge is 0.00187 e. The van der Waals surface area contributed by atoms with Gasteiger partial charge in [0.05, 0.1) is 0 Å². The molecule has 0 radical (unpaired) electrons. The van der Waals surface area contributed by atoms with E-state index in [0.717, 1.165) is 0 Å². The van der Waals surface area contributed by atoms with E-state index in [1.54, 1.807) is 0 Å². The Kier molecular flexibility index (Phi) is 23.1. The monoisotopic (exact) mass is 396 g/mol. The largest absolute Gasteiger partial charge is 0.303 e. The van der Waals surface area contributed by atoms with E-state index in [4.69, 9.17) is 0 Å². The first-order chi connectivity index (χ1) is 13.8. The van der Waals surface area contributed by atoms with Gasteiger partial charge in [-0.05, 0) is 77.8 Å². The molecule has 170 valence electrons. The lowest BCUT2D eigenvalue weighted by molar-refractivity contribution is 0.246. The van der Waals surface area contributed by atoms with Crippen LogP contribution in [-0.4, -0.2) is 49.1 Å². The Morgan fingerprint density at radius 1 is 0.286 bits per heavy atom. The highest BCUT2D eigenvalue weighted by atomic mass is 15.1. The highest BCUT2D eigenvalue weighted by molar-refractivity contribution is 4.62. The van der Waals surface area contributed by atoms with Gasteiger partial charge in [-0.2, -0.15) is 0 Å². The van der Waals surface area contributed by atoms with Crippen LogP contribution in [0.4, 0.5) is 0 Å². The van der Waals surface area contributed by atoms with E-state index in [0.29, 0.717) is 0 Å². The summed E-state index contributed by atoms with van der Waals surface area (Å²) < 4.78 is 0. The average molecular weight is 397 g/mol. The summed E-state index contributed by atoms with van der Waals surface area (Å²) in [5.41, 5.74) is 0. The van der Waals surface area contributed by atoms with Crippen molar-refractivity contribution in [1.82, 2.24) is 9.80 Å². The van der Waals surface area contributed by atoms with Crippen molar-refractivity contribution in [3.63, 3.8) is 0 Å².